The second-order valence-electron chi connectivity index (χ2n) is 11.7. The van der Waals surface area contributed by atoms with Gasteiger partial charge in [0.05, 0.1) is 25.2 Å². The number of fused-ring (bicyclic) bond motifs is 6. The van der Waals surface area contributed by atoms with E-state index in [1.807, 2.05) is 79.6 Å². The lowest BCUT2D eigenvalue weighted by molar-refractivity contribution is -0.122. The lowest BCUT2D eigenvalue weighted by Gasteiger charge is -2.38. The molecule has 1 fully saturated rings. The molecule has 0 unspecified atom stereocenters. The summed E-state index contributed by atoms with van der Waals surface area (Å²) in [5, 5.41) is 3.09. The standard InChI is InChI=1S/C37H32N2O5/c1-22(2)44-27-18-14-24(15-19-27)33(40)31-32(34(41)25-12-16-26(43-3)17-13-25)39-21-20-23-8-4-5-9-28(23)35(39)37(31)29-10-6-7-11-30(29)38-36(37)42/h4-22,31-32,35H,1-3H3,(H,38,42)/t31-,32+,35+,37-/m1/s1. The number of benzene rings is 4. The van der Waals surface area contributed by atoms with Crippen molar-refractivity contribution in [1.82, 2.24) is 4.90 Å². The van der Waals surface area contributed by atoms with Crippen LogP contribution < -0.4 is 14.8 Å². The van der Waals surface area contributed by atoms with Crippen LogP contribution in [0.2, 0.25) is 0 Å². The normalized spacial score (nSPS) is 22.8. The lowest BCUT2D eigenvalue weighted by atomic mass is 9.62. The Bertz CT molecular complexity index is 1810. The van der Waals surface area contributed by atoms with Gasteiger partial charge in [-0.15, -0.1) is 0 Å². The lowest BCUT2D eigenvalue weighted by Crippen LogP contribution is -2.49. The fourth-order valence-corrected chi connectivity index (χ4v) is 7.24. The van der Waals surface area contributed by atoms with Gasteiger partial charge in [-0.25, -0.2) is 0 Å². The zero-order valence-electron chi connectivity index (χ0n) is 24.7. The third kappa shape index (κ3) is 4.07. The summed E-state index contributed by atoms with van der Waals surface area (Å²) in [4.78, 5) is 46.1. The number of ether oxygens (including phenoxy) is 2. The summed E-state index contributed by atoms with van der Waals surface area (Å²) in [6.07, 6.45) is 3.81. The molecule has 4 atom stereocenters. The molecular formula is C37H32N2O5. The van der Waals surface area contributed by atoms with Crippen molar-refractivity contribution in [1.29, 1.82) is 0 Å². The summed E-state index contributed by atoms with van der Waals surface area (Å²) < 4.78 is 11.2. The van der Waals surface area contributed by atoms with Crippen LogP contribution >= 0.6 is 0 Å². The van der Waals surface area contributed by atoms with Crippen molar-refractivity contribution in [2.45, 2.75) is 37.5 Å². The maximum Gasteiger partial charge on any atom is 0.238 e. The molecule has 7 heteroatoms. The first kappa shape index (κ1) is 27.7. The van der Waals surface area contributed by atoms with E-state index in [1.165, 1.54) is 0 Å². The Morgan fingerprint density at radius 3 is 2.16 bits per heavy atom. The molecule has 1 N–H and O–H groups in total. The van der Waals surface area contributed by atoms with Gasteiger partial charge in [-0.1, -0.05) is 42.5 Å². The molecule has 0 bridgehead atoms. The molecule has 7 rings (SSSR count). The van der Waals surface area contributed by atoms with E-state index in [9.17, 15) is 14.4 Å². The molecule has 0 aromatic heterocycles. The monoisotopic (exact) mass is 584 g/mol. The van der Waals surface area contributed by atoms with Gasteiger partial charge in [-0.3, -0.25) is 14.4 Å². The quantitative estimate of drug-likeness (QED) is 0.251. The van der Waals surface area contributed by atoms with E-state index in [0.29, 0.717) is 33.9 Å². The van der Waals surface area contributed by atoms with Gasteiger partial charge in [0, 0.05) is 23.0 Å². The minimum atomic E-state index is -1.38. The van der Waals surface area contributed by atoms with E-state index >= 15 is 0 Å². The first-order chi connectivity index (χ1) is 21.3. The molecule has 4 aromatic carbocycles. The average molecular weight is 585 g/mol. The van der Waals surface area contributed by atoms with Crippen LogP contribution in [-0.4, -0.2) is 41.6 Å². The second-order valence-corrected chi connectivity index (χ2v) is 11.7. The SMILES string of the molecule is COc1ccc(C(=O)[C@@H]2[C@H](C(=O)c3ccc(OC(C)C)cc3)[C@@]3(C(=O)Nc4ccccc43)[C@@H]3c4ccccc4C=CN23)cc1. The van der Waals surface area contributed by atoms with Crippen LogP contribution in [0.5, 0.6) is 11.5 Å². The summed E-state index contributed by atoms with van der Waals surface area (Å²) in [5.41, 5.74) is 2.67. The maximum atomic E-state index is 15.0. The van der Waals surface area contributed by atoms with Crippen molar-refractivity contribution in [2.24, 2.45) is 5.92 Å². The van der Waals surface area contributed by atoms with E-state index in [0.717, 1.165) is 11.1 Å². The molecule has 3 aliphatic rings. The molecule has 0 radical (unpaired) electrons. The first-order valence-electron chi connectivity index (χ1n) is 14.8. The Morgan fingerprint density at radius 1 is 0.818 bits per heavy atom. The molecule has 1 amide bonds. The molecule has 1 saturated heterocycles. The van der Waals surface area contributed by atoms with Gasteiger partial charge in [0.2, 0.25) is 5.91 Å². The summed E-state index contributed by atoms with van der Waals surface area (Å²) in [5.74, 6) is -0.592. The maximum absolute atomic E-state index is 15.0. The van der Waals surface area contributed by atoms with Crippen LogP contribution in [-0.2, 0) is 10.2 Å². The highest BCUT2D eigenvalue weighted by Crippen LogP contribution is 2.62. The smallest absolute Gasteiger partial charge is 0.238 e. The van der Waals surface area contributed by atoms with Crippen LogP contribution in [0.3, 0.4) is 0 Å². The summed E-state index contributed by atoms with van der Waals surface area (Å²) >= 11 is 0. The third-order valence-electron chi connectivity index (χ3n) is 9.01. The van der Waals surface area contributed by atoms with Gasteiger partial charge in [0.15, 0.2) is 11.6 Å². The molecular weight excluding hydrogens is 552 g/mol. The summed E-state index contributed by atoms with van der Waals surface area (Å²) in [7, 11) is 1.57. The molecule has 220 valence electrons. The zero-order chi connectivity index (χ0) is 30.6. The molecule has 3 heterocycles. The molecule has 4 aromatic rings. The highest BCUT2D eigenvalue weighted by Gasteiger charge is 2.70. The zero-order valence-corrected chi connectivity index (χ0v) is 24.7. The van der Waals surface area contributed by atoms with Gasteiger partial charge in [0.1, 0.15) is 23.0 Å². The van der Waals surface area contributed by atoms with Crippen LogP contribution in [0.25, 0.3) is 6.08 Å². The van der Waals surface area contributed by atoms with E-state index in [4.69, 9.17) is 9.47 Å². The Kier molecular flexibility index (Phi) is 6.61. The van der Waals surface area contributed by atoms with Crippen LogP contribution in [0.4, 0.5) is 5.69 Å². The number of hydrogen-bond acceptors (Lipinski definition) is 6. The van der Waals surface area contributed by atoms with Gasteiger partial charge in [0.25, 0.3) is 0 Å². The van der Waals surface area contributed by atoms with E-state index in [-0.39, 0.29) is 23.6 Å². The van der Waals surface area contributed by atoms with Crippen molar-refractivity contribution in [3.8, 4) is 11.5 Å². The number of nitrogens with one attached hydrogen (secondary N) is 1. The largest absolute Gasteiger partial charge is 0.497 e. The summed E-state index contributed by atoms with van der Waals surface area (Å²) in [6, 6.07) is 27.7. The Balaban J connectivity index is 1.47. The van der Waals surface area contributed by atoms with Gasteiger partial charge >= 0.3 is 0 Å². The first-order valence-corrected chi connectivity index (χ1v) is 14.8. The van der Waals surface area contributed by atoms with E-state index < -0.39 is 23.4 Å². The van der Waals surface area contributed by atoms with Crippen LogP contribution in [0, 0.1) is 5.92 Å². The third-order valence-corrected chi connectivity index (χ3v) is 9.01. The highest BCUT2D eigenvalue weighted by atomic mass is 16.5. The predicted octanol–water partition coefficient (Wildman–Crippen LogP) is 6.46. The van der Waals surface area contributed by atoms with Gasteiger partial charge in [-0.05, 0) is 91.2 Å². The minimum absolute atomic E-state index is 0.0254. The van der Waals surface area contributed by atoms with Crippen LogP contribution in [0.15, 0.2) is 103 Å². The summed E-state index contributed by atoms with van der Waals surface area (Å²) in [6.45, 7) is 3.88. The number of carbonyl (C=O) groups excluding carboxylic acids is 3. The Morgan fingerprint density at radius 2 is 1.45 bits per heavy atom. The van der Waals surface area contributed by atoms with E-state index in [2.05, 4.69) is 5.32 Å². The Labute approximate surface area is 256 Å². The average Bonchev–Trinajstić information content (AvgIpc) is 3.52. The second kappa shape index (κ2) is 10.5. The number of rotatable bonds is 7. The van der Waals surface area contributed by atoms with Crippen molar-refractivity contribution >= 4 is 29.2 Å². The Hall–Kier alpha value is -5.17. The number of hydrogen-bond donors (Lipinski definition) is 1. The van der Waals surface area contributed by atoms with Gasteiger partial charge < -0.3 is 19.7 Å². The number of methoxy groups -OCH3 is 1. The fourth-order valence-electron chi connectivity index (χ4n) is 7.24. The van der Waals surface area contributed by atoms with Crippen molar-refractivity contribution in [3.63, 3.8) is 0 Å². The molecule has 3 aliphatic heterocycles. The number of anilines is 1. The van der Waals surface area contributed by atoms with Gasteiger partial charge in [-0.2, -0.15) is 0 Å². The fraction of sp³-hybridized carbons (Fsp3) is 0.216. The molecule has 44 heavy (non-hydrogen) atoms. The predicted molar refractivity (Wildman–Crippen MR) is 168 cm³/mol. The van der Waals surface area contributed by atoms with Crippen molar-refractivity contribution in [3.05, 3.63) is 131 Å². The van der Waals surface area contributed by atoms with Crippen molar-refractivity contribution < 1.29 is 23.9 Å². The highest BCUT2D eigenvalue weighted by molar-refractivity contribution is 6.16. The van der Waals surface area contributed by atoms with Crippen LogP contribution in [0.1, 0.15) is 57.3 Å². The number of amides is 1. The number of para-hydroxylation sites is 1. The molecule has 7 nitrogen and oxygen atoms in total. The molecule has 0 aliphatic carbocycles. The molecule has 0 saturated carbocycles. The van der Waals surface area contributed by atoms with Crippen molar-refractivity contribution in [2.75, 3.05) is 12.4 Å². The topological polar surface area (TPSA) is 84.9 Å². The van der Waals surface area contributed by atoms with E-state index in [1.54, 1.807) is 55.6 Å². The minimum Gasteiger partial charge on any atom is -0.497 e. The number of carbonyl (C=O) groups is 3. The number of Topliss-reactive ketones (excluding diaryl/α,β-unsaturated/α-hetero) is 2. The molecule has 1 spiro atoms. The number of ketones is 2. The number of nitrogens with zero attached hydrogens (tertiary/aromatic N) is 1.